The number of nitrogens with one attached hydrogen (secondary N) is 1. The van der Waals surface area contributed by atoms with Gasteiger partial charge in [-0.2, -0.15) is 0 Å². The Labute approximate surface area is 111 Å². The maximum Gasteiger partial charge on any atom is 0.233 e. The molecule has 0 aliphatic rings. The number of unbranched alkanes of at least 4 members (excludes halogenated alkanes) is 3. The van der Waals surface area contributed by atoms with Crippen molar-refractivity contribution in [2.75, 3.05) is 6.54 Å². The molecule has 0 spiro atoms. The average molecular weight is 253 g/mol. The van der Waals surface area contributed by atoms with E-state index in [1.165, 1.54) is 19.3 Å². The lowest BCUT2D eigenvalue weighted by molar-refractivity contribution is 0.370. The maximum absolute atomic E-state index is 5.73. The minimum Gasteiger partial charge on any atom is -0.424 e. The highest BCUT2D eigenvalue weighted by molar-refractivity contribution is 4.89. The minimum atomic E-state index is 0.210. The standard InChI is InChI=1S/C14H27N3O/c1-4-7-8-9-10-13-16-17-14(18-13)12(6-3)15-11-5-2/h12,15H,4-11H2,1-3H3. The predicted molar refractivity (Wildman–Crippen MR) is 73.5 cm³/mol. The van der Waals surface area contributed by atoms with E-state index in [1.54, 1.807) is 0 Å². The van der Waals surface area contributed by atoms with E-state index >= 15 is 0 Å². The molecular weight excluding hydrogens is 226 g/mol. The molecule has 0 amide bonds. The first-order chi connectivity index (χ1) is 8.81. The van der Waals surface area contributed by atoms with Crippen LogP contribution >= 0.6 is 0 Å². The number of aromatic nitrogens is 2. The second-order valence-electron chi connectivity index (χ2n) is 4.76. The lowest BCUT2D eigenvalue weighted by atomic mass is 10.1. The number of rotatable bonds is 10. The first-order valence-corrected chi connectivity index (χ1v) is 7.37. The van der Waals surface area contributed by atoms with Crippen LogP contribution in [0.25, 0.3) is 0 Å². The highest BCUT2D eigenvalue weighted by Gasteiger charge is 2.15. The van der Waals surface area contributed by atoms with Crippen molar-refractivity contribution in [2.24, 2.45) is 0 Å². The van der Waals surface area contributed by atoms with E-state index in [2.05, 4.69) is 36.3 Å². The Kier molecular flexibility index (Phi) is 7.65. The van der Waals surface area contributed by atoms with Crippen molar-refractivity contribution in [1.29, 1.82) is 0 Å². The van der Waals surface area contributed by atoms with Crippen LogP contribution in [0.4, 0.5) is 0 Å². The smallest absolute Gasteiger partial charge is 0.233 e. The fraction of sp³-hybridized carbons (Fsp3) is 0.857. The summed E-state index contributed by atoms with van der Waals surface area (Å²) in [5.74, 6) is 1.54. The minimum absolute atomic E-state index is 0.210. The van der Waals surface area contributed by atoms with E-state index in [9.17, 15) is 0 Å². The molecule has 1 heterocycles. The second-order valence-corrected chi connectivity index (χ2v) is 4.76. The molecule has 18 heavy (non-hydrogen) atoms. The van der Waals surface area contributed by atoms with Crippen molar-refractivity contribution in [3.8, 4) is 0 Å². The third kappa shape index (κ3) is 5.17. The normalized spacial score (nSPS) is 12.8. The molecule has 4 heteroatoms. The third-order valence-electron chi connectivity index (χ3n) is 3.07. The molecule has 0 saturated heterocycles. The topological polar surface area (TPSA) is 51.0 Å². The zero-order valence-electron chi connectivity index (χ0n) is 12.0. The molecule has 1 aromatic rings. The zero-order valence-corrected chi connectivity index (χ0v) is 12.0. The van der Waals surface area contributed by atoms with Gasteiger partial charge in [0.25, 0.3) is 0 Å². The molecule has 0 bridgehead atoms. The fourth-order valence-corrected chi connectivity index (χ4v) is 1.94. The Bertz CT molecular complexity index is 312. The van der Waals surface area contributed by atoms with E-state index < -0.39 is 0 Å². The fourth-order valence-electron chi connectivity index (χ4n) is 1.94. The lowest BCUT2D eigenvalue weighted by Gasteiger charge is -2.11. The van der Waals surface area contributed by atoms with Crippen LogP contribution in [0.15, 0.2) is 4.42 Å². The Hall–Kier alpha value is -0.900. The summed E-state index contributed by atoms with van der Waals surface area (Å²) < 4.78 is 5.73. The molecule has 0 radical (unpaired) electrons. The van der Waals surface area contributed by atoms with Crippen molar-refractivity contribution in [1.82, 2.24) is 15.5 Å². The van der Waals surface area contributed by atoms with Crippen LogP contribution in [0.3, 0.4) is 0 Å². The van der Waals surface area contributed by atoms with Gasteiger partial charge in [0.15, 0.2) is 0 Å². The molecule has 0 aliphatic carbocycles. The molecule has 1 N–H and O–H groups in total. The predicted octanol–water partition coefficient (Wildman–Crippen LogP) is 3.64. The number of hydrogen-bond acceptors (Lipinski definition) is 4. The molecule has 0 aromatic carbocycles. The maximum atomic E-state index is 5.73. The Balaban J connectivity index is 2.40. The van der Waals surface area contributed by atoms with Crippen LogP contribution in [0.1, 0.15) is 77.1 Å². The number of nitrogens with zero attached hydrogens (tertiary/aromatic N) is 2. The molecular formula is C14H27N3O. The molecule has 104 valence electrons. The van der Waals surface area contributed by atoms with Gasteiger partial charge in [-0.1, -0.05) is 40.0 Å². The summed E-state index contributed by atoms with van der Waals surface area (Å²) in [6.45, 7) is 7.51. The van der Waals surface area contributed by atoms with Crippen LogP contribution in [-0.2, 0) is 6.42 Å². The van der Waals surface area contributed by atoms with Gasteiger partial charge in [-0.25, -0.2) is 0 Å². The Morgan fingerprint density at radius 2 is 1.89 bits per heavy atom. The van der Waals surface area contributed by atoms with Crippen LogP contribution in [0, 0.1) is 0 Å². The largest absolute Gasteiger partial charge is 0.424 e. The zero-order chi connectivity index (χ0) is 13.2. The number of hydrogen-bond donors (Lipinski definition) is 1. The second kappa shape index (κ2) is 9.09. The SMILES string of the molecule is CCCCCCc1nnc(C(CC)NCCC)o1. The average Bonchev–Trinajstić information content (AvgIpc) is 2.84. The monoisotopic (exact) mass is 253 g/mol. The Morgan fingerprint density at radius 1 is 1.06 bits per heavy atom. The van der Waals surface area contributed by atoms with Crippen LogP contribution < -0.4 is 5.32 Å². The van der Waals surface area contributed by atoms with Crippen LogP contribution in [0.5, 0.6) is 0 Å². The summed E-state index contributed by atoms with van der Waals surface area (Å²) in [7, 11) is 0. The van der Waals surface area contributed by atoms with Crippen molar-refractivity contribution in [3.05, 3.63) is 11.8 Å². The molecule has 1 atom stereocenters. The van der Waals surface area contributed by atoms with E-state index in [1.807, 2.05) is 0 Å². The van der Waals surface area contributed by atoms with Gasteiger partial charge in [-0.05, 0) is 25.8 Å². The first kappa shape index (κ1) is 15.2. The molecule has 0 saturated carbocycles. The number of aryl methyl sites for hydroxylation is 1. The molecule has 1 unspecified atom stereocenters. The van der Waals surface area contributed by atoms with E-state index in [4.69, 9.17) is 4.42 Å². The quantitative estimate of drug-likeness (QED) is 0.647. The third-order valence-corrected chi connectivity index (χ3v) is 3.07. The van der Waals surface area contributed by atoms with Crippen molar-refractivity contribution < 1.29 is 4.42 Å². The van der Waals surface area contributed by atoms with E-state index in [0.29, 0.717) is 0 Å². The molecule has 0 aliphatic heterocycles. The van der Waals surface area contributed by atoms with Gasteiger partial charge in [0.1, 0.15) is 0 Å². The van der Waals surface area contributed by atoms with Gasteiger partial charge >= 0.3 is 0 Å². The summed E-state index contributed by atoms with van der Waals surface area (Å²) in [6.07, 6.45) is 7.96. The summed E-state index contributed by atoms with van der Waals surface area (Å²) in [6, 6.07) is 0.210. The molecule has 1 rings (SSSR count). The summed E-state index contributed by atoms with van der Waals surface area (Å²) in [5, 5.41) is 11.7. The van der Waals surface area contributed by atoms with Crippen molar-refractivity contribution >= 4 is 0 Å². The van der Waals surface area contributed by atoms with Gasteiger partial charge in [0.2, 0.25) is 11.8 Å². The van der Waals surface area contributed by atoms with Gasteiger partial charge in [0.05, 0.1) is 6.04 Å². The van der Waals surface area contributed by atoms with Crippen molar-refractivity contribution in [2.45, 2.75) is 71.8 Å². The van der Waals surface area contributed by atoms with Crippen LogP contribution in [-0.4, -0.2) is 16.7 Å². The van der Waals surface area contributed by atoms with E-state index in [0.717, 1.165) is 44.0 Å². The summed E-state index contributed by atoms with van der Waals surface area (Å²) in [4.78, 5) is 0. The van der Waals surface area contributed by atoms with E-state index in [-0.39, 0.29) is 6.04 Å². The molecule has 1 aromatic heterocycles. The Morgan fingerprint density at radius 3 is 2.56 bits per heavy atom. The summed E-state index contributed by atoms with van der Waals surface area (Å²) in [5.41, 5.74) is 0. The van der Waals surface area contributed by atoms with Crippen LogP contribution in [0.2, 0.25) is 0 Å². The first-order valence-electron chi connectivity index (χ1n) is 7.37. The summed E-state index contributed by atoms with van der Waals surface area (Å²) >= 11 is 0. The van der Waals surface area contributed by atoms with Gasteiger partial charge < -0.3 is 9.73 Å². The highest BCUT2D eigenvalue weighted by atomic mass is 16.4. The molecule has 4 nitrogen and oxygen atoms in total. The van der Waals surface area contributed by atoms with Gasteiger partial charge in [0, 0.05) is 6.42 Å². The van der Waals surface area contributed by atoms with Crippen molar-refractivity contribution in [3.63, 3.8) is 0 Å². The molecule has 0 fully saturated rings. The van der Waals surface area contributed by atoms with Gasteiger partial charge in [-0.15, -0.1) is 10.2 Å². The lowest BCUT2D eigenvalue weighted by Crippen LogP contribution is -2.21. The van der Waals surface area contributed by atoms with Gasteiger partial charge in [-0.3, -0.25) is 0 Å². The highest BCUT2D eigenvalue weighted by Crippen LogP contribution is 2.16.